The Morgan fingerprint density at radius 3 is 2.48 bits per heavy atom. The minimum atomic E-state index is -0.492. The van der Waals surface area contributed by atoms with E-state index in [2.05, 4.69) is 44.2 Å². The molecule has 2 aromatic carbocycles. The fraction of sp³-hybridized carbons (Fsp3) is 0.364. The number of primary amides is 1. The number of hydrogen-bond donors (Lipinski definition) is 1. The van der Waals surface area contributed by atoms with Crippen molar-refractivity contribution in [2.45, 2.75) is 38.5 Å². The van der Waals surface area contributed by atoms with Crippen LogP contribution in [-0.4, -0.2) is 12.5 Å². The van der Waals surface area contributed by atoms with Crippen LogP contribution in [0.4, 0.5) is 0 Å². The van der Waals surface area contributed by atoms with Crippen LogP contribution in [0.15, 0.2) is 53.5 Å². The lowest BCUT2D eigenvalue weighted by atomic mass is 9.69. The van der Waals surface area contributed by atoms with Crippen LogP contribution in [0.25, 0.3) is 6.08 Å². The second-order valence-electron chi connectivity index (χ2n) is 7.12. The largest absolute Gasteiger partial charge is 0.369 e. The van der Waals surface area contributed by atoms with Crippen LogP contribution in [0.2, 0.25) is 0 Å². The lowest BCUT2D eigenvalue weighted by molar-refractivity contribution is -0.122. The molecule has 0 saturated heterocycles. The van der Waals surface area contributed by atoms with Crippen molar-refractivity contribution in [1.82, 2.24) is 0 Å². The smallest absolute Gasteiger partial charge is 0.221 e. The molecule has 3 unspecified atom stereocenters. The van der Waals surface area contributed by atoms with E-state index in [1.54, 1.807) is 0 Å². The summed E-state index contributed by atoms with van der Waals surface area (Å²) in [5, 5.41) is 2.04. The summed E-state index contributed by atoms with van der Waals surface area (Å²) in [5.41, 5.74) is 7.64. The third kappa shape index (κ3) is 3.11. The van der Waals surface area contributed by atoms with E-state index in [0.29, 0.717) is 12.5 Å². The van der Waals surface area contributed by atoms with Gasteiger partial charge in [0.1, 0.15) is 0 Å². The minimum Gasteiger partial charge on any atom is -0.369 e. The maximum absolute atomic E-state index is 12.1. The molecule has 0 fully saturated rings. The van der Waals surface area contributed by atoms with Crippen molar-refractivity contribution in [2.75, 3.05) is 6.54 Å². The number of rotatable bonds is 5. The van der Waals surface area contributed by atoms with Crippen LogP contribution in [0.5, 0.6) is 0 Å². The van der Waals surface area contributed by atoms with E-state index >= 15 is 0 Å². The van der Waals surface area contributed by atoms with Crippen LogP contribution in [0.1, 0.15) is 44.2 Å². The van der Waals surface area contributed by atoms with Crippen molar-refractivity contribution in [1.29, 1.82) is 0 Å². The highest BCUT2D eigenvalue weighted by Crippen LogP contribution is 2.36. The zero-order valence-corrected chi connectivity index (χ0v) is 15.2. The number of amides is 1. The first-order chi connectivity index (χ1) is 12.0. The van der Waals surface area contributed by atoms with Crippen molar-refractivity contribution in [3.05, 3.63) is 70.2 Å². The Balaban J connectivity index is 2.14. The molecule has 1 heterocycles. The summed E-state index contributed by atoms with van der Waals surface area (Å²) in [6.07, 6.45) is 3.29. The van der Waals surface area contributed by atoms with E-state index in [1.807, 2.05) is 31.2 Å². The van der Waals surface area contributed by atoms with Gasteiger partial charge in [0.25, 0.3) is 0 Å². The molecular formula is C22H26N2O. The van der Waals surface area contributed by atoms with Gasteiger partial charge in [0, 0.05) is 11.3 Å². The molecule has 3 nitrogen and oxygen atoms in total. The molecule has 1 amide bonds. The SMILES string of the molecule is CCC(C)c1ccc(C2(C(C)C(N)=O)C=c3ccccc3=NC2)cc1. The highest BCUT2D eigenvalue weighted by Gasteiger charge is 2.40. The van der Waals surface area contributed by atoms with Gasteiger partial charge in [-0.1, -0.05) is 69.3 Å². The Morgan fingerprint density at radius 1 is 1.16 bits per heavy atom. The van der Waals surface area contributed by atoms with E-state index in [0.717, 1.165) is 22.6 Å². The summed E-state index contributed by atoms with van der Waals surface area (Å²) in [6, 6.07) is 16.7. The van der Waals surface area contributed by atoms with Gasteiger partial charge < -0.3 is 5.73 Å². The maximum Gasteiger partial charge on any atom is 0.221 e. The first kappa shape index (κ1) is 17.4. The number of hydrogen-bond acceptors (Lipinski definition) is 2. The van der Waals surface area contributed by atoms with Crippen molar-refractivity contribution in [3.8, 4) is 0 Å². The molecule has 130 valence electrons. The van der Waals surface area contributed by atoms with E-state index in [4.69, 9.17) is 10.7 Å². The lowest BCUT2D eigenvalue weighted by Crippen LogP contribution is -2.47. The highest BCUT2D eigenvalue weighted by molar-refractivity contribution is 5.80. The first-order valence-corrected chi connectivity index (χ1v) is 9.00. The molecule has 0 aliphatic carbocycles. The quantitative estimate of drug-likeness (QED) is 0.898. The molecule has 25 heavy (non-hydrogen) atoms. The molecule has 0 aromatic heterocycles. The molecule has 2 aromatic rings. The van der Waals surface area contributed by atoms with Crippen molar-refractivity contribution < 1.29 is 4.79 Å². The van der Waals surface area contributed by atoms with E-state index in [9.17, 15) is 4.79 Å². The predicted molar refractivity (Wildman–Crippen MR) is 102 cm³/mol. The second kappa shape index (κ2) is 6.83. The zero-order valence-electron chi connectivity index (χ0n) is 15.2. The van der Waals surface area contributed by atoms with Crippen LogP contribution in [-0.2, 0) is 10.2 Å². The van der Waals surface area contributed by atoms with Crippen molar-refractivity contribution in [2.24, 2.45) is 16.6 Å². The summed E-state index contributed by atoms with van der Waals surface area (Å²) in [6.45, 7) is 6.87. The number of nitrogens with zero attached hydrogens (tertiary/aromatic N) is 1. The number of carbonyl (C=O) groups is 1. The summed E-state index contributed by atoms with van der Waals surface area (Å²) in [5.74, 6) is -0.102. The molecule has 1 aliphatic heterocycles. The van der Waals surface area contributed by atoms with Gasteiger partial charge >= 0.3 is 0 Å². The van der Waals surface area contributed by atoms with Crippen molar-refractivity contribution >= 4 is 12.0 Å². The second-order valence-corrected chi connectivity index (χ2v) is 7.12. The lowest BCUT2D eigenvalue weighted by Gasteiger charge is -2.36. The standard InChI is InChI=1S/C22H26N2O/c1-4-15(2)17-9-11-19(12-10-17)22(16(3)21(23)25)13-18-7-5-6-8-20(18)24-14-22/h5-13,15-16H,4,14H2,1-3H3,(H2,23,25). The van der Waals surface area contributed by atoms with Gasteiger partial charge in [-0.3, -0.25) is 9.79 Å². The molecule has 0 radical (unpaired) electrons. The maximum atomic E-state index is 12.1. The minimum absolute atomic E-state index is 0.295. The van der Waals surface area contributed by atoms with Gasteiger partial charge in [0.05, 0.1) is 11.9 Å². The monoisotopic (exact) mass is 334 g/mol. The molecule has 2 N–H and O–H groups in total. The summed E-state index contributed by atoms with van der Waals surface area (Å²) in [4.78, 5) is 16.8. The van der Waals surface area contributed by atoms with Gasteiger partial charge in [-0.25, -0.2) is 0 Å². The highest BCUT2D eigenvalue weighted by atomic mass is 16.1. The van der Waals surface area contributed by atoms with Gasteiger partial charge in [0.2, 0.25) is 5.91 Å². The van der Waals surface area contributed by atoms with Crippen LogP contribution >= 0.6 is 0 Å². The molecule has 0 saturated carbocycles. The third-order valence-electron chi connectivity index (χ3n) is 5.69. The van der Waals surface area contributed by atoms with Gasteiger partial charge in [0.15, 0.2) is 0 Å². The van der Waals surface area contributed by atoms with Gasteiger partial charge in [-0.15, -0.1) is 0 Å². The fourth-order valence-electron chi connectivity index (χ4n) is 3.59. The van der Waals surface area contributed by atoms with E-state index < -0.39 is 5.41 Å². The van der Waals surface area contributed by atoms with Gasteiger partial charge in [-0.05, 0) is 34.8 Å². The summed E-state index contributed by atoms with van der Waals surface area (Å²) >= 11 is 0. The Kier molecular flexibility index (Phi) is 4.76. The Hall–Kier alpha value is -2.42. The Bertz CT molecular complexity index is 885. The molecule has 1 aliphatic rings. The zero-order chi connectivity index (χ0) is 18.0. The summed E-state index contributed by atoms with van der Waals surface area (Å²) in [7, 11) is 0. The van der Waals surface area contributed by atoms with Crippen LogP contribution in [0, 0.1) is 5.92 Å². The third-order valence-corrected chi connectivity index (χ3v) is 5.69. The average Bonchev–Trinajstić information content (AvgIpc) is 2.66. The number of fused-ring (bicyclic) bond motifs is 1. The van der Waals surface area contributed by atoms with Crippen LogP contribution in [0.3, 0.4) is 0 Å². The molecule has 0 bridgehead atoms. The molecule has 3 atom stereocenters. The Labute approximate surface area is 149 Å². The van der Waals surface area contributed by atoms with E-state index in [-0.39, 0.29) is 11.8 Å². The Morgan fingerprint density at radius 2 is 1.84 bits per heavy atom. The predicted octanol–water partition coefficient (Wildman–Crippen LogP) is 2.67. The fourth-order valence-corrected chi connectivity index (χ4v) is 3.59. The number of carbonyl (C=O) groups excluding carboxylic acids is 1. The van der Waals surface area contributed by atoms with Crippen LogP contribution < -0.4 is 16.3 Å². The number of benzene rings is 2. The molecular weight excluding hydrogens is 308 g/mol. The normalized spacial score (nSPS) is 21.4. The van der Waals surface area contributed by atoms with Crippen molar-refractivity contribution in [3.63, 3.8) is 0 Å². The number of para-hydroxylation sites is 1. The summed E-state index contributed by atoms with van der Waals surface area (Å²) < 4.78 is 0. The molecule has 0 spiro atoms. The number of nitrogens with two attached hydrogens (primary N) is 1. The molecule has 3 rings (SSSR count). The van der Waals surface area contributed by atoms with E-state index in [1.165, 1.54) is 5.56 Å². The molecule has 3 heteroatoms. The first-order valence-electron chi connectivity index (χ1n) is 9.00. The average molecular weight is 334 g/mol. The topological polar surface area (TPSA) is 55.5 Å². The van der Waals surface area contributed by atoms with Gasteiger partial charge in [-0.2, -0.15) is 0 Å².